The zero-order valence-electron chi connectivity index (χ0n) is 45.5. The van der Waals surface area contributed by atoms with Gasteiger partial charge in [-0.05, 0) is 125 Å². The largest absolute Gasteiger partial charge is 0.475 e. The Labute approximate surface area is 487 Å². The second-order valence-electron chi connectivity index (χ2n) is 23.6. The van der Waals surface area contributed by atoms with Crippen LogP contribution in [0.4, 0.5) is 20.3 Å². The van der Waals surface area contributed by atoms with Crippen molar-refractivity contribution in [3.05, 3.63) is 136 Å². The molecular formula is C62H61Cl2F2N13O4. The van der Waals surface area contributed by atoms with Crippen molar-refractivity contribution in [1.82, 2.24) is 49.8 Å². The van der Waals surface area contributed by atoms with Gasteiger partial charge in [-0.2, -0.15) is 20.1 Å². The van der Waals surface area contributed by atoms with E-state index in [9.17, 15) is 10.2 Å². The molecule has 17 nitrogen and oxygen atoms in total. The van der Waals surface area contributed by atoms with Crippen LogP contribution >= 0.6 is 23.2 Å². The highest BCUT2D eigenvalue weighted by Gasteiger charge is 2.51. The van der Waals surface area contributed by atoms with Gasteiger partial charge < -0.3 is 35.2 Å². The number of aliphatic hydroxyl groups is 2. The van der Waals surface area contributed by atoms with E-state index in [-0.39, 0.29) is 77.6 Å². The second-order valence-corrected chi connectivity index (χ2v) is 24.4. The highest BCUT2D eigenvalue weighted by Crippen LogP contribution is 2.52. The standard InChI is InChI=1S/C62H61Cl2F2N13O4/c63-44-12-2-8-35-7-1-10-40(50(35)44)54-53(66)57-42(26-67-54)58(70-28-47-71-48(31-80)76-75-47)74-60(73-57)83-33-62-18-6-22-79(62)46(15-19-62)38-13-14-45(64)51-39(38)9-3-11-41(51)55-52(65)56-43(27-68-55)59(78-30-34-23-36(78)25-37(81)24-34)72-49(29-69-56)82-32-61-16-4-20-77(61)21-5-17-61/h1-3,7-14,26-27,29,34,36-37,46,69,80-81H,4-6,15-25,28,30-33H2,(H,70,73,74)(H,71,75,76). The third kappa shape index (κ3) is 9.03. The molecule has 2 bridgehead atoms. The lowest BCUT2D eigenvalue weighted by molar-refractivity contribution is 0.0719. The first-order chi connectivity index (χ1) is 40.5. The minimum Gasteiger partial charge on any atom is -0.475 e. The molecule has 6 fully saturated rings. The molecule has 0 spiro atoms. The third-order valence-electron chi connectivity index (χ3n) is 19.0. The topological polar surface area (TPSA) is 198 Å². The highest BCUT2D eigenvalue weighted by atomic mass is 35.5. The van der Waals surface area contributed by atoms with E-state index >= 15 is 8.78 Å². The summed E-state index contributed by atoms with van der Waals surface area (Å²) in [6.45, 7) is 4.20. The predicted molar refractivity (Wildman–Crippen MR) is 314 cm³/mol. The molecule has 1 saturated carbocycles. The molecule has 8 aromatic rings. The van der Waals surface area contributed by atoms with Crippen LogP contribution in [0.3, 0.4) is 0 Å². The molecule has 0 amide bonds. The van der Waals surface area contributed by atoms with E-state index in [0.29, 0.717) is 85.9 Å². The van der Waals surface area contributed by atoms with Crippen LogP contribution in [0.25, 0.3) is 55.0 Å². The number of aliphatic hydroxyl groups excluding tert-OH is 2. The Morgan fingerprint density at radius 1 is 0.759 bits per heavy atom. The number of ether oxygens (including phenoxy) is 2. The van der Waals surface area contributed by atoms with Crippen LogP contribution in [0, 0.1) is 17.6 Å². The van der Waals surface area contributed by atoms with Crippen molar-refractivity contribution in [1.29, 1.82) is 0 Å². The molecule has 5 unspecified atom stereocenters. The lowest BCUT2D eigenvalue weighted by Crippen LogP contribution is -2.44. The van der Waals surface area contributed by atoms with Gasteiger partial charge in [0.15, 0.2) is 17.5 Å². The SMILES string of the molecule is OCc1n[nH]c(CNc2nc(OCC34CCCN3C(c3ccc(Cl)c5c(-c6ncc7c(c6F)NC=C(OCC68CCCN6CCC8)N=C7N6CC7CC(O)CC6C7)cccc35)CC4)nc3c(F)c(-c4cccc5cccc(Cl)c45)ncc23)n1. The van der Waals surface area contributed by atoms with Crippen molar-refractivity contribution < 1.29 is 28.5 Å². The number of likely N-dealkylation sites (tertiary alicyclic amines) is 1. The van der Waals surface area contributed by atoms with Gasteiger partial charge >= 0.3 is 6.01 Å². The molecule has 5 N–H and O–H groups in total. The lowest BCUT2D eigenvalue weighted by atomic mass is 9.88. The number of nitrogens with zero attached hydrogens (tertiary/aromatic N) is 10. The average Bonchev–Trinajstić information content (AvgIpc) is 4.09. The fraction of sp³-hybridized carbons (Fsp3) is 0.403. The molecule has 0 radical (unpaired) electrons. The normalized spacial score (nSPS) is 23.8. The summed E-state index contributed by atoms with van der Waals surface area (Å²) < 4.78 is 48.4. The number of rotatable bonds is 13. The van der Waals surface area contributed by atoms with Gasteiger partial charge in [-0.15, -0.1) is 0 Å². The number of fused-ring (bicyclic) bond motifs is 8. The molecule has 4 aromatic heterocycles. The van der Waals surface area contributed by atoms with Gasteiger partial charge in [0.05, 0.1) is 46.6 Å². The number of anilines is 2. The van der Waals surface area contributed by atoms with Crippen molar-refractivity contribution >= 4 is 73.0 Å². The first-order valence-corrected chi connectivity index (χ1v) is 29.8. The van der Waals surface area contributed by atoms with E-state index in [1.165, 1.54) is 0 Å². The zero-order valence-corrected chi connectivity index (χ0v) is 47.0. The molecule has 7 aliphatic rings. The molecule has 21 heteroatoms. The molecular weight excluding hydrogens is 1100 g/mol. The maximum atomic E-state index is 17.9. The third-order valence-corrected chi connectivity index (χ3v) is 19.6. The number of aliphatic imine (C=N–C) groups is 1. The molecule has 1 aliphatic carbocycles. The van der Waals surface area contributed by atoms with Crippen molar-refractivity contribution in [2.24, 2.45) is 10.9 Å². The van der Waals surface area contributed by atoms with E-state index in [1.807, 2.05) is 42.5 Å². The number of H-pyrrole nitrogens is 1. The second kappa shape index (κ2) is 20.9. The first-order valence-electron chi connectivity index (χ1n) is 29.0. The highest BCUT2D eigenvalue weighted by molar-refractivity contribution is 6.37. The summed E-state index contributed by atoms with van der Waals surface area (Å²) in [6.07, 6.45) is 14.7. The quantitative estimate of drug-likeness (QED) is 0.0730. The van der Waals surface area contributed by atoms with Crippen molar-refractivity contribution in [2.75, 3.05) is 50.0 Å². The van der Waals surface area contributed by atoms with Gasteiger partial charge in [0.1, 0.15) is 54.2 Å². The van der Waals surface area contributed by atoms with E-state index < -0.39 is 23.3 Å². The molecule has 426 valence electrons. The number of pyridine rings is 2. The fourth-order valence-electron chi connectivity index (χ4n) is 15.2. The predicted octanol–water partition coefficient (Wildman–Crippen LogP) is 11.1. The maximum Gasteiger partial charge on any atom is 0.319 e. The molecule has 4 aromatic carbocycles. The Balaban J connectivity index is 0.742. The van der Waals surface area contributed by atoms with Crippen LogP contribution in [0.15, 0.2) is 96.2 Å². The van der Waals surface area contributed by atoms with Gasteiger partial charge in [0.25, 0.3) is 0 Å². The molecule has 5 atom stereocenters. The zero-order chi connectivity index (χ0) is 56.1. The number of benzene rings is 4. The van der Waals surface area contributed by atoms with Crippen molar-refractivity contribution in [2.45, 2.75) is 113 Å². The molecule has 5 saturated heterocycles. The summed E-state index contributed by atoms with van der Waals surface area (Å²) in [5, 5.41) is 38.3. The Bertz CT molecular complexity index is 3960. The minimum atomic E-state index is -0.657. The Morgan fingerprint density at radius 3 is 2.36 bits per heavy atom. The number of aromatic nitrogens is 7. The molecule has 15 rings (SSSR count). The van der Waals surface area contributed by atoms with E-state index in [2.05, 4.69) is 57.6 Å². The number of hydrogen-bond acceptors (Lipinski definition) is 16. The molecule has 10 heterocycles. The van der Waals surface area contributed by atoms with E-state index in [4.69, 9.17) is 52.6 Å². The Hall–Kier alpha value is -7.13. The fourth-order valence-corrected chi connectivity index (χ4v) is 15.8. The maximum absolute atomic E-state index is 17.9. The van der Waals surface area contributed by atoms with Gasteiger partial charge in [-0.1, -0.05) is 77.8 Å². The monoisotopic (exact) mass is 1160 g/mol. The summed E-state index contributed by atoms with van der Waals surface area (Å²) in [4.78, 5) is 35.9. The number of amidine groups is 1. The summed E-state index contributed by atoms with van der Waals surface area (Å²) in [5.74, 6) is 1.08. The van der Waals surface area contributed by atoms with Crippen LogP contribution in [-0.2, 0) is 17.9 Å². The molecule has 6 aliphatic heterocycles. The van der Waals surface area contributed by atoms with Crippen LogP contribution in [-0.4, -0.2) is 128 Å². The van der Waals surface area contributed by atoms with Crippen LogP contribution in [0.5, 0.6) is 6.01 Å². The van der Waals surface area contributed by atoms with Crippen LogP contribution in [0.1, 0.15) is 99.4 Å². The van der Waals surface area contributed by atoms with Crippen LogP contribution in [0.2, 0.25) is 10.0 Å². The Kier molecular flexibility index (Phi) is 13.2. The van der Waals surface area contributed by atoms with E-state index in [0.717, 1.165) is 100 Å². The lowest BCUT2D eigenvalue weighted by Gasteiger charge is -2.35. The van der Waals surface area contributed by atoms with E-state index in [1.54, 1.807) is 30.7 Å². The van der Waals surface area contributed by atoms with Crippen molar-refractivity contribution in [3.63, 3.8) is 0 Å². The van der Waals surface area contributed by atoms with Crippen molar-refractivity contribution in [3.8, 4) is 28.5 Å². The minimum absolute atomic E-state index is 0.00994. The van der Waals surface area contributed by atoms with Gasteiger partial charge in [-0.25, -0.2) is 13.8 Å². The smallest absolute Gasteiger partial charge is 0.319 e. The first kappa shape index (κ1) is 52.7. The van der Waals surface area contributed by atoms with Gasteiger partial charge in [0, 0.05) is 63.0 Å². The summed E-state index contributed by atoms with van der Waals surface area (Å²) in [5.41, 5.74) is 2.80. The number of hydrogen-bond donors (Lipinski definition) is 5. The summed E-state index contributed by atoms with van der Waals surface area (Å²) in [7, 11) is 0. The Morgan fingerprint density at radius 2 is 1.52 bits per heavy atom. The van der Waals surface area contributed by atoms with Gasteiger partial charge in [-0.3, -0.25) is 24.9 Å². The number of aromatic amines is 1. The summed E-state index contributed by atoms with van der Waals surface area (Å²) in [6, 6.07) is 21.0. The number of nitrogens with one attached hydrogen (secondary N) is 3. The van der Waals surface area contributed by atoms with Gasteiger partial charge in [0.2, 0.25) is 5.88 Å². The number of halogens is 4. The summed E-state index contributed by atoms with van der Waals surface area (Å²) >= 11 is 14.0. The molecule has 83 heavy (non-hydrogen) atoms. The van der Waals surface area contributed by atoms with Crippen LogP contribution < -0.4 is 15.4 Å². The average molecular weight is 1160 g/mol.